The van der Waals surface area contributed by atoms with Crippen LogP contribution in [-0.4, -0.2) is 89.7 Å². The van der Waals surface area contributed by atoms with Crippen molar-refractivity contribution in [2.45, 2.75) is 25.3 Å². The van der Waals surface area contributed by atoms with E-state index >= 15 is 0 Å². The molecule has 1 aromatic carbocycles. The average molecular weight is 413 g/mol. The molecule has 162 valence electrons. The summed E-state index contributed by atoms with van der Waals surface area (Å²) in [5.41, 5.74) is 1.80. The van der Waals surface area contributed by atoms with Gasteiger partial charge in [-0.15, -0.1) is 5.10 Å². The zero-order valence-electron chi connectivity index (χ0n) is 17.6. The standard InChI is InChI=1S/C22H32N6O2/c29-22(21-18-28(25-24-21)12-11-26-13-15-30-16-14-26)23-8-10-27-9-4-7-20(17-27)19-5-2-1-3-6-19/h1-3,5-6,18,20H,4,7-17H2,(H,23,29). The lowest BCUT2D eigenvalue weighted by atomic mass is 9.91. The molecule has 2 aliphatic heterocycles. The Bertz CT molecular complexity index is 790. The molecule has 1 N–H and O–H groups in total. The number of carbonyl (C=O) groups is 1. The molecule has 30 heavy (non-hydrogen) atoms. The number of likely N-dealkylation sites (tertiary alicyclic amines) is 1. The highest BCUT2D eigenvalue weighted by atomic mass is 16.5. The Morgan fingerprint density at radius 1 is 1.07 bits per heavy atom. The van der Waals surface area contributed by atoms with Gasteiger partial charge in [-0.25, -0.2) is 0 Å². The first kappa shape index (κ1) is 21.0. The van der Waals surface area contributed by atoms with Crippen molar-refractivity contribution in [3.63, 3.8) is 0 Å². The number of morpholine rings is 1. The third kappa shape index (κ3) is 5.87. The summed E-state index contributed by atoms with van der Waals surface area (Å²) in [5.74, 6) is 0.436. The smallest absolute Gasteiger partial charge is 0.273 e. The molecule has 4 rings (SSSR count). The van der Waals surface area contributed by atoms with Gasteiger partial charge >= 0.3 is 0 Å². The monoisotopic (exact) mass is 412 g/mol. The summed E-state index contributed by atoms with van der Waals surface area (Å²) in [5, 5.41) is 11.1. The minimum Gasteiger partial charge on any atom is -0.379 e. The minimum absolute atomic E-state index is 0.149. The molecule has 0 bridgehead atoms. The lowest BCUT2D eigenvalue weighted by molar-refractivity contribution is 0.0359. The van der Waals surface area contributed by atoms with E-state index in [9.17, 15) is 4.79 Å². The summed E-state index contributed by atoms with van der Waals surface area (Å²) >= 11 is 0. The number of hydrogen-bond acceptors (Lipinski definition) is 6. The van der Waals surface area contributed by atoms with Gasteiger partial charge in [0.15, 0.2) is 5.69 Å². The lowest BCUT2D eigenvalue weighted by Crippen LogP contribution is -2.40. The van der Waals surface area contributed by atoms with Crippen molar-refractivity contribution in [2.75, 3.05) is 59.0 Å². The van der Waals surface area contributed by atoms with Crippen LogP contribution in [0.15, 0.2) is 36.5 Å². The first-order chi connectivity index (χ1) is 14.8. The third-order valence-electron chi connectivity index (χ3n) is 6.01. The van der Waals surface area contributed by atoms with Gasteiger partial charge in [0.2, 0.25) is 0 Å². The zero-order valence-corrected chi connectivity index (χ0v) is 17.6. The molecule has 0 spiro atoms. The second kappa shape index (κ2) is 10.7. The van der Waals surface area contributed by atoms with E-state index in [2.05, 4.69) is 55.8 Å². The number of piperidine rings is 1. The number of amides is 1. The number of carbonyl (C=O) groups excluding carboxylic acids is 1. The van der Waals surface area contributed by atoms with Gasteiger partial charge in [-0.05, 0) is 30.9 Å². The molecule has 2 fully saturated rings. The molecule has 1 unspecified atom stereocenters. The molecule has 2 aliphatic rings. The Morgan fingerprint density at radius 2 is 1.90 bits per heavy atom. The van der Waals surface area contributed by atoms with Crippen LogP contribution >= 0.6 is 0 Å². The van der Waals surface area contributed by atoms with Gasteiger partial charge in [-0.3, -0.25) is 14.4 Å². The highest BCUT2D eigenvalue weighted by Crippen LogP contribution is 2.26. The van der Waals surface area contributed by atoms with E-state index in [0.717, 1.165) is 59.0 Å². The fraction of sp³-hybridized carbons (Fsp3) is 0.591. The molecule has 2 saturated heterocycles. The van der Waals surface area contributed by atoms with Crippen molar-refractivity contribution in [1.29, 1.82) is 0 Å². The van der Waals surface area contributed by atoms with E-state index in [1.165, 1.54) is 18.4 Å². The van der Waals surface area contributed by atoms with Crippen LogP contribution in [0.4, 0.5) is 0 Å². The van der Waals surface area contributed by atoms with Gasteiger partial charge in [0.1, 0.15) is 0 Å². The number of hydrogen-bond donors (Lipinski definition) is 1. The number of nitrogens with zero attached hydrogens (tertiary/aromatic N) is 5. The van der Waals surface area contributed by atoms with Crippen LogP contribution in [-0.2, 0) is 11.3 Å². The van der Waals surface area contributed by atoms with E-state index < -0.39 is 0 Å². The summed E-state index contributed by atoms with van der Waals surface area (Å²) < 4.78 is 7.11. The van der Waals surface area contributed by atoms with Gasteiger partial charge in [0, 0.05) is 39.3 Å². The molecular weight excluding hydrogens is 380 g/mol. The topological polar surface area (TPSA) is 75.5 Å². The molecule has 8 heteroatoms. The maximum absolute atomic E-state index is 12.4. The van der Waals surface area contributed by atoms with E-state index in [0.29, 0.717) is 18.2 Å². The second-order valence-corrected chi connectivity index (χ2v) is 8.13. The summed E-state index contributed by atoms with van der Waals surface area (Å²) in [7, 11) is 0. The van der Waals surface area contributed by atoms with Gasteiger partial charge in [0.05, 0.1) is 26.0 Å². The van der Waals surface area contributed by atoms with Crippen molar-refractivity contribution in [1.82, 2.24) is 30.1 Å². The summed E-state index contributed by atoms with van der Waals surface area (Å²) in [6.45, 7) is 8.73. The van der Waals surface area contributed by atoms with Gasteiger partial charge in [-0.1, -0.05) is 35.5 Å². The highest BCUT2D eigenvalue weighted by Gasteiger charge is 2.21. The molecule has 1 atom stereocenters. The molecule has 0 aliphatic carbocycles. The Hall–Kier alpha value is -2.29. The van der Waals surface area contributed by atoms with Crippen LogP contribution in [0, 0.1) is 0 Å². The van der Waals surface area contributed by atoms with Crippen LogP contribution < -0.4 is 5.32 Å². The first-order valence-corrected chi connectivity index (χ1v) is 11.0. The van der Waals surface area contributed by atoms with E-state index in [4.69, 9.17) is 4.74 Å². The van der Waals surface area contributed by atoms with E-state index in [-0.39, 0.29) is 5.91 Å². The quantitative estimate of drug-likeness (QED) is 0.703. The minimum atomic E-state index is -0.149. The van der Waals surface area contributed by atoms with Crippen molar-refractivity contribution < 1.29 is 9.53 Å². The number of nitrogens with one attached hydrogen (secondary N) is 1. The molecule has 1 amide bonds. The maximum atomic E-state index is 12.4. The van der Waals surface area contributed by atoms with Crippen LogP contribution in [0.5, 0.6) is 0 Å². The van der Waals surface area contributed by atoms with Gasteiger partial charge in [-0.2, -0.15) is 0 Å². The van der Waals surface area contributed by atoms with Crippen molar-refractivity contribution in [2.24, 2.45) is 0 Å². The zero-order chi connectivity index (χ0) is 20.6. The Balaban J connectivity index is 1.18. The molecule has 2 aromatic rings. The van der Waals surface area contributed by atoms with Gasteiger partial charge < -0.3 is 15.0 Å². The van der Waals surface area contributed by atoms with Crippen molar-refractivity contribution in [3.8, 4) is 0 Å². The average Bonchev–Trinajstić information content (AvgIpc) is 3.28. The molecule has 3 heterocycles. The highest BCUT2D eigenvalue weighted by molar-refractivity contribution is 5.91. The predicted octanol–water partition coefficient (Wildman–Crippen LogP) is 1.22. The van der Waals surface area contributed by atoms with Crippen molar-refractivity contribution in [3.05, 3.63) is 47.8 Å². The molecule has 0 radical (unpaired) electrons. The lowest BCUT2D eigenvalue weighted by Gasteiger charge is -2.33. The van der Waals surface area contributed by atoms with E-state index in [1.54, 1.807) is 10.9 Å². The Kier molecular flexibility index (Phi) is 7.44. The fourth-order valence-electron chi connectivity index (χ4n) is 4.25. The molecule has 8 nitrogen and oxygen atoms in total. The van der Waals surface area contributed by atoms with Crippen molar-refractivity contribution >= 4 is 5.91 Å². The third-order valence-corrected chi connectivity index (χ3v) is 6.01. The Labute approximate surface area is 178 Å². The fourth-order valence-corrected chi connectivity index (χ4v) is 4.25. The SMILES string of the molecule is O=C(NCCN1CCCC(c2ccccc2)C1)c1cn(CCN2CCOCC2)nn1. The first-order valence-electron chi connectivity index (χ1n) is 11.0. The number of ether oxygens (including phenoxy) is 1. The number of benzene rings is 1. The van der Waals surface area contributed by atoms with Crippen LogP contribution in [0.1, 0.15) is 34.8 Å². The summed E-state index contributed by atoms with van der Waals surface area (Å²) in [6, 6.07) is 10.7. The summed E-state index contributed by atoms with van der Waals surface area (Å²) in [6.07, 6.45) is 4.17. The predicted molar refractivity (Wildman–Crippen MR) is 114 cm³/mol. The van der Waals surface area contributed by atoms with Crippen LogP contribution in [0.25, 0.3) is 0 Å². The normalized spacial score (nSPS) is 20.9. The number of aromatic nitrogens is 3. The van der Waals surface area contributed by atoms with Gasteiger partial charge in [0.25, 0.3) is 5.91 Å². The summed E-state index contributed by atoms with van der Waals surface area (Å²) in [4.78, 5) is 17.2. The van der Waals surface area contributed by atoms with Crippen LogP contribution in [0.3, 0.4) is 0 Å². The molecule has 0 saturated carbocycles. The Morgan fingerprint density at radius 3 is 2.73 bits per heavy atom. The second-order valence-electron chi connectivity index (χ2n) is 8.13. The molecule has 1 aromatic heterocycles. The largest absolute Gasteiger partial charge is 0.379 e. The van der Waals surface area contributed by atoms with Crippen LogP contribution in [0.2, 0.25) is 0 Å². The maximum Gasteiger partial charge on any atom is 0.273 e. The number of rotatable bonds is 8. The van der Waals surface area contributed by atoms with E-state index in [1.807, 2.05) is 0 Å². The molecular formula is C22H32N6O2.